The van der Waals surface area contributed by atoms with Gasteiger partial charge in [-0.3, -0.25) is 0 Å². The predicted molar refractivity (Wildman–Crippen MR) is 65.9 cm³/mol. The fourth-order valence-electron chi connectivity index (χ4n) is 1.17. The molecule has 0 aliphatic carbocycles. The molecule has 0 amide bonds. The summed E-state index contributed by atoms with van der Waals surface area (Å²) < 4.78 is 10.0. The van der Waals surface area contributed by atoms with Gasteiger partial charge in [0.05, 0.1) is 6.61 Å². The molecule has 0 spiro atoms. The Morgan fingerprint density at radius 2 is 2.00 bits per heavy atom. The normalized spacial score (nSPS) is 11.9. The first kappa shape index (κ1) is 13.0. The molecule has 1 atom stereocenters. The monoisotopic (exact) mass is 286 g/mol. The fraction of sp³-hybridized carbons (Fsp3) is 0.417. The minimum absolute atomic E-state index is 0.0446. The van der Waals surface area contributed by atoms with Crippen molar-refractivity contribution < 1.29 is 14.3 Å². The minimum Gasteiger partial charge on any atom is -0.482 e. The van der Waals surface area contributed by atoms with Crippen molar-refractivity contribution in [1.29, 1.82) is 0 Å². The molecule has 16 heavy (non-hydrogen) atoms. The van der Waals surface area contributed by atoms with Gasteiger partial charge in [0.25, 0.3) is 0 Å². The maximum atomic E-state index is 11.0. The number of esters is 1. The van der Waals surface area contributed by atoms with Gasteiger partial charge in [0.15, 0.2) is 6.61 Å². The van der Waals surface area contributed by atoms with E-state index in [0.29, 0.717) is 17.2 Å². The van der Waals surface area contributed by atoms with Crippen LogP contribution in [0.3, 0.4) is 0 Å². The van der Waals surface area contributed by atoms with Crippen LogP contribution in [0.25, 0.3) is 0 Å². The summed E-state index contributed by atoms with van der Waals surface area (Å²) in [4.78, 5) is 11.3. The van der Waals surface area contributed by atoms with Crippen LogP contribution in [-0.4, -0.2) is 19.2 Å². The molecule has 0 aliphatic heterocycles. The number of halogens is 1. The Balaban J connectivity index is 2.46. The number of benzene rings is 1. The zero-order valence-electron chi connectivity index (χ0n) is 9.40. The average molecular weight is 287 g/mol. The Kier molecular flexibility index (Phi) is 5.32. The zero-order valence-corrected chi connectivity index (χ0v) is 11.0. The molecule has 0 aliphatic rings. The van der Waals surface area contributed by atoms with Crippen molar-refractivity contribution in [2.75, 3.05) is 13.2 Å². The van der Waals surface area contributed by atoms with Crippen LogP contribution < -0.4 is 4.74 Å². The van der Waals surface area contributed by atoms with E-state index in [-0.39, 0.29) is 12.6 Å². The molecule has 0 bridgehead atoms. The number of carbonyl (C=O) groups excluding carboxylic acids is 1. The summed E-state index contributed by atoms with van der Waals surface area (Å²) in [6.45, 7) is 4.15. The maximum absolute atomic E-state index is 11.0. The first-order valence-electron chi connectivity index (χ1n) is 5.16. The lowest BCUT2D eigenvalue weighted by molar-refractivity contribution is -0.145. The number of carbonyl (C=O) groups is 1. The Hall–Kier alpha value is -1.03. The van der Waals surface area contributed by atoms with Crippen LogP contribution in [-0.2, 0) is 9.53 Å². The van der Waals surface area contributed by atoms with E-state index in [1.165, 1.54) is 5.56 Å². The quantitative estimate of drug-likeness (QED) is 0.616. The van der Waals surface area contributed by atoms with Crippen LogP contribution in [0.5, 0.6) is 5.75 Å². The van der Waals surface area contributed by atoms with Gasteiger partial charge in [0, 0.05) is 4.83 Å². The molecule has 0 saturated heterocycles. The minimum atomic E-state index is -0.347. The van der Waals surface area contributed by atoms with Crippen molar-refractivity contribution in [1.82, 2.24) is 0 Å². The molecule has 0 N–H and O–H groups in total. The molecule has 88 valence electrons. The fourth-order valence-corrected chi connectivity index (χ4v) is 1.48. The van der Waals surface area contributed by atoms with E-state index in [0.717, 1.165) is 0 Å². The van der Waals surface area contributed by atoms with Crippen LogP contribution in [0.15, 0.2) is 24.3 Å². The van der Waals surface area contributed by atoms with Crippen LogP contribution >= 0.6 is 15.9 Å². The van der Waals surface area contributed by atoms with Gasteiger partial charge in [-0.2, -0.15) is 0 Å². The van der Waals surface area contributed by atoms with Crippen LogP contribution in [0.1, 0.15) is 24.2 Å². The van der Waals surface area contributed by atoms with Crippen LogP contribution in [0.2, 0.25) is 0 Å². The Morgan fingerprint density at radius 1 is 1.38 bits per heavy atom. The highest BCUT2D eigenvalue weighted by Crippen LogP contribution is 2.23. The van der Waals surface area contributed by atoms with E-state index in [2.05, 4.69) is 22.9 Å². The van der Waals surface area contributed by atoms with Crippen molar-refractivity contribution in [2.24, 2.45) is 0 Å². The molecule has 4 heteroatoms. The van der Waals surface area contributed by atoms with Crippen LogP contribution in [0, 0.1) is 0 Å². The van der Waals surface area contributed by atoms with Gasteiger partial charge in [-0.1, -0.05) is 28.1 Å². The average Bonchev–Trinajstić information content (AvgIpc) is 2.27. The summed E-state index contributed by atoms with van der Waals surface area (Å²) in [5, 5.41) is 0. The third-order valence-corrected chi connectivity index (χ3v) is 2.53. The highest BCUT2D eigenvalue weighted by atomic mass is 79.9. The predicted octanol–water partition coefficient (Wildman–Crippen LogP) is 3.08. The number of hydrogen-bond acceptors (Lipinski definition) is 3. The Morgan fingerprint density at radius 3 is 2.50 bits per heavy atom. The lowest BCUT2D eigenvalue weighted by Gasteiger charge is -2.07. The molecule has 1 rings (SSSR count). The van der Waals surface area contributed by atoms with E-state index in [9.17, 15) is 4.79 Å². The maximum Gasteiger partial charge on any atom is 0.344 e. The van der Waals surface area contributed by atoms with Gasteiger partial charge in [0.1, 0.15) is 5.75 Å². The second-order valence-corrected chi connectivity index (χ2v) is 4.65. The van der Waals surface area contributed by atoms with Gasteiger partial charge in [-0.25, -0.2) is 4.79 Å². The molecule has 0 fully saturated rings. The van der Waals surface area contributed by atoms with E-state index in [1.807, 2.05) is 24.3 Å². The standard InChI is InChI=1S/C12H15BrO3/c1-3-15-12(14)8-16-11-6-4-10(5-7-11)9(2)13/h4-7,9H,3,8H2,1-2H3. The lowest BCUT2D eigenvalue weighted by atomic mass is 10.2. The van der Waals surface area contributed by atoms with Crippen LogP contribution in [0.4, 0.5) is 0 Å². The molecule has 1 unspecified atom stereocenters. The van der Waals surface area contributed by atoms with Gasteiger partial charge in [-0.15, -0.1) is 0 Å². The molecule has 0 heterocycles. The number of rotatable bonds is 5. The molecular formula is C12H15BrO3. The third kappa shape index (κ3) is 4.23. The molecule has 0 aromatic heterocycles. The van der Waals surface area contributed by atoms with E-state index in [4.69, 9.17) is 9.47 Å². The van der Waals surface area contributed by atoms with Gasteiger partial charge in [-0.05, 0) is 31.5 Å². The summed E-state index contributed by atoms with van der Waals surface area (Å²) in [7, 11) is 0. The highest BCUT2D eigenvalue weighted by Gasteiger charge is 2.04. The topological polar surface area (TPSA) is 35.5 Å². The summed E-state index contributed by atoms with van der Waals surface area (Å²) in [6, 6.07) is 7.60. The molecule has 1 aromatic rings. The summed E-state index contributed by atoms with van der Waals surface area (Å²) in [5.74, 6) is 0.324. The third-order valence-electron chi connectivity index (χ3n) is 2.00. The first-order chi connectivity index (χ1) is 7.63. The second kappa shape index (κ2) is 6.53. The first-order valence-corrected chi connectivity index (χ1v) is 6.07. The number of alkyl halides is 1. The summed E-state index contributed by atoms with van der Waals surface area (Å²) in [5.41, 5.74) is 1.17. The largest absolute Gasteiger partial charge is 0.482 e. The van der Waals surface area contributed by atoms with Gasteiger partial charge < -0.3 is 9.47 Å². The number of ether oxygens (including phenoxy) is 2. The lowest BCUT2D eigenvalue weighted by Crippen LogP contribution is -2.14. The summed E-state index contributed by atoms with van der Waals surface area (Å²) >= 11 is 3.47. The molecule has 0 radical (unpaired) electrons. The van der Waals surface area contributed by atoms with Crippen molar-refractivity contribution >= 4 is 21.9 Å². The van der Waals surface area contributed by atoms with Crippen molar-refractivity contribution in [3.05, 3.63) is 29.8 Å². The molecular weight excluding hydrogens is 272 g/mol. The Labute approximate surface area is 104 Å². The van der Waals surface area contributed by atoms with Crippen molar-refractivity contribution in [3.63, 3.8) is 0 Å². The van der Waals surface area contributed by atoms with E-state index >= 15 is 0 Å². The van der Waals surface area contributed by atoms with Gasteiger partial charge in [0.2, 0.25) is 0 Å². The van der Waals surface area contributed by atoms with Crippen molar-refractivity contribution in [2.45, 2.75) is 18.7 Å². The molecule has 0 saturated carbocycles. The Bertz CT molecular complexity index is 333. The summed E-state index contributed by atoms with van der Waals surface area (Å²) in [6.07, 6.45) is 0. The molecule has 1 aromatic carbocycles. The second-order valence-electron chi connectivity index (χ2n) is 3.28. The van der Waals surface area contributed by atoms with Gasteiger partial charge >= 0.3 is 5.97 Å². The van der Waals surface area contributed by atoms with E-state index in [1.54, 1.807) is 6.92 Å². The smallest absolute Gasteiger partial charge is 0.344 e. The van der Waals surface area contributed by atoms with E-state index < -0.39 is 0 Å². The molecule has 3 nitrogen and oxygen atoms in total. The highest BCUT2D eigenvalue weighted by molar-refractivity contribution is 9.09. The SMILES string of the molecule is CCOC(=O)COc1ccc(C(C)Br)cc1. The number of hydrogen-bond donors (Lipinski definition) is 0. The zero-order chi connectivity index (χ0) is 12.0. The van der Waals surface area contributed by atoms with Crippen molar-refractivity contribution in [3.8, 4) is 5.75 Å².